The van der Waals surface area contributed by atoms with Gasteiger partial charge in [-0.05, 0) is 17.0 Å². The highest BCUT2D eigenvalue weighted by Crippen LogP contribution is 2.32. The van der Waals surface area contributed by atoms with Gasteiger partial charge in [-0.1, -0.05) is 62.4 Å². The van der Waals surface area contributed by atoms with Gasteiger partial charge in [-0.25, -0.2) is 15.0 Å². The summed E-state index contributed by atoms with van der Waals surface area (Å²) in [4.78, 5) is 13.5. The first-order valence-electron chi connectivity index (χ1n) is 11.8. The zero-order valence-electron chi connectivity index (χ0n) is 20.3. The molecule has 2 N–H and O–H groups in total. The lowest BCUT2D eigenvalue weighted by Gasteiger charge is -2.15. The number of nitrogens with one attached hydrogen (secondary N) is 2. The zero-order valence-corrected chi connectivity index (χ0v) is 20.3. The van der Waals surface area contributed by atoms with Crippen LogP contribution in [0.15, 0.2) is 54.7 Å². The second-order valence-corrected chi connectivity index (χ2v) is 9.28. The number of benzene rings is 2. The first kappa shape index (κ1) is 24.0. The van der Waals surface area contributed by atoms with Crippen molar-refractivity contribution in [3.63, 3.8) is 0 Å². The van der Waals surface area contributed by atoms with Crippen LogP contribution in [0.5, 0.6) is 0 Å². The van der Waals surface area contributed by atoms with E-state index in [0.29, 0.717) is 36.9 Å². The normalized spacial score (nSPS) is 13.3. The number of hydrogen-bond donors (Lipinski definition) is 2. The van der Waals surface area contributed by atoms with Crippen LogP contribution < -0.4 is 10.6 Å². The lowest BCUT2D eigenvalue weighted by Crippen LogP contribution is -2.08. The molecule has 0 spiro atoms. The summed E-state index contributed by atoms with van der Waals surface area (Å²) in [6.07, 6.45) is -3.47. The first-order valence-corrected chi connectivity index (χ1v) is 11.8. The van der Waals surface area contributed by atoms with Crippen molar-refractivity contribution in [2.75, 3.05) is 5.32 Å². The Balaban J connectivity index is 1.38. The molecule has 2 aromatic heterocycles. The maximum Gasteiger partial charge on any atom is 0.434 e. The number of rotatable bonds is 6. The molecule has 0 aliphatic carbocycles. The Morgan fingerprint density at radius 3 is 2.44 bits per heavy atom. The average Bonchev–Trinajstić information content (AvgIpc) is 3.49. The fraction of sp³-hybridized carbons (Fsp3) is 0.296. The Hall–Kier alpha value is -3.72. The van der Waals surface area contributed by atoms with E-state index in [0.717, 1.165) is 34.4 Å². The van der Waals surface area contributed by atoms with E-state index >= 15 is 0 Å². The molecule has 186 valence electrons. The molecule has 3 heterocycles. The number of halogens is 3. The molecule has 0 fully saturated rings. The van der Waals surface area contributed by atoms with Crippen molar-refractivity contribution >= 4 is 5.82 Å². The third kappa shape index (κ3) is 4.70. The largest absolute Gasteiger partial charge is 0.434 e. The molecule has 4 aromatic rings. The lowest BCUT2D eigenvalue weighted by atomic mass is 9.96. The quantitative estimate of drug-likeness (QED) is 0.351. The van der Waals surface area contributed by atoms with Crippen molar-refractivity contribution in [1.29, 1.82) is 0 Å². The molecule has 6 nitrogen and oxygen atoms in total. The number of imidazole rings is 1. The average molecular weight is 493 g/mol. The Morgan fingerprint density at radius 2 is 1.75 bits per heavy atom. The molecule has 2 aromatic carbocycles. The fourth-order valence-electron chi connectivity index (χ4n) is 4.47. The van der Waals surface area contributed by atoms with Gasteiger partial charge in [0.2, 0.25) is 0 Å². The van der Waals surface area contributed by atoms with Gasteiger partial charge in [-0.15, -0.1) is 0 Å². The van der Waals surface area contributed by atoms with Crippen LogP contribution in [-0.4, -0.2) is 19.5 Å². The van der Waals surface area contributed by atoms with Crippen LogP contribution in [-0.2, 0) is 32.9 Å². The van der Waals surface area contributed by atoms with Crippen LogP contribution in [0.2, 0.25) is 0 Å². The summed E-state index contributed by atoms with van der Waals surface area (Å²) in [5.41, 5.74) is 4.99. The van der Waals surface area contributed by atoms with E-state index in [9.17, 15) is 13.2 Å². The highest BCUT2D eigenvalue weighted by Gasteiger charge is 2.34. The summed E-state index contributed by atoms with van der Waals surface area (Å²) in [7, 11) is 1.56. The first-order chi connectivity index (χ1) is 17.2. The highest BCUT2D eigenvalue weighted by molar-refractivity contribution is 5.65. The molecule has 9 heteroatoms. The molecule has 0 radical (unpaired) electrons. The summed E-state index contributed by atoms with van der Waals surface area (Å²) in [5, 5.41) is 6.81. The standard InChI is InChI=1S/C27H27F3N6/c1-16(2)19-6-4-5-7-20(19)25-33-22-14-31-13-21(22)24(35-25)32-12-17-8-10-18(11-9-17)26-34-23(15-36(26)3)27(28,29)30/h4-11,15-16,31H,12-14H2,1-3H3,(H,32,33,35). The molecule has 0 amide bonds. The van der Waals surface area contributed by atoms with Crippen LogP contribution in [0.3, 0.4) is 0 Å². The van der Waals surface area contributed by atoms with E-state index < -0.39 is 11.9 Å². The van der Waals surface area contributed by atoms with Crippen molar-refractivity contribution in [1.82, 2.24) is 24.8 Å². The SMILES string of the molecule is CC(C)c1ccccc1-c1nc2c(c(NCc3ccc(-c4nc(C(F)(F)F)cn4C)cc3)n1)CNC2. The van der Waals surface area contributed by atoms with Gasteiger partial charge in [0, 0.05) is 49.6 Å². The monoisotopic (exact) mass is 492 g/mol. The summed E-state index contributed by atoms with van der Waals surface area (Å²) >= 11 is 0. The van der Waals surface area contributed by atoms with Crippen LogP contribution in [0.25, 0.3) is 22.8 Å². The Morgan fingerprint density at radius 1 is 1.00 bits per heavy atom. The second-order valence-electron chi connectivity index (χ2n) is 9.28. The van der Waals surface area contributed by atoms with Crippen LogP contribution in [0.4, 0.5) is 19.0 Å². The smallest absolute Gasteiger partial charge is 0.366 e. The van der Waals surface area contributed by atoms with E-state index in [2.05, 4.69) is 41.6 Å². The van der Waals surface area contributed by atoms with Crippen molar-refractivity contribution < 1.29 is 13.2 Å². The van der Waals surface area contributed by atoms with Gasteiger partial charge in [0.05, 0.1) is 5.69 Å². The van der Waals surface area contributed by atoms with E-state index in [1.54, 1.807) is 19.2 Å². The number of hydrogen-bond acceptors (Lipinski definition) is 5. The molecule has 0 atom stereocenters. The highest BCUT2D eigenvalue weighted by atomic mass is 19.4. The number of fused-ring (bicyclic) bond motifs is 1. The summed E-state index contributed by atoms with van der Waals surface area (Å²) in [6, 6.07) is 15.6. The third-order valence-electron chi connectivity index (χ3n) is 6.35. The van der Waals surface area contributed by atoms with Gasteiger partial charge in [0.1, 0.15) is 11.6 Å². The van der Waals surface area contributed by atoms with E-state index in [4.69, 9.17) is 9.97 Å². The maximum atomic E-state index is 13.0. The Bertz CT molecular complexity index is 1390. The minimum Gasteiger partial charge on any atom is -0.366 e. The number of aryl methyl sites for hydroxylation is 1. The predicted molar refractivity (Wildman–Crippen MR) is 133 cm³/mol. The molecular formula is C27H27F3N6. The minimum atomic E-state index is -4.47. The van der Waals surface area contributed by atoms with Crippen molar-refractivity contribution in [3.8, 4) is 22.8 Å². The maximum absolute atomic E-state index is 13.0. The molecule has 1 aliphatic rings. The minimum absolute atomic E-state index is 0.273. The summed E-state index contributed by atoms with van der Waals surface area (Å²) in [6.45, 7) is 6.23. The molecule has 0 bridgehead atoms. The third-order valence-corrected chi connectivity index (χ3v) is 6.35. The summed E-state index contributed by atoms with van der Waals surface area (Å²) in [5.74, 6) is 2.11. The molecule has 0 unspecified atom stereocenters. The topological polar surface area (TPSA) is 67.7 Å². The lowest BCUT2D eigenvalue weighted by molar-refractivity contribution is -0.140. The Labute approximate surface area is 207 Å². The molecule has 36 heavy (non-hydrogen) atoms. The molecule has 0 saturated carbocycles. The van der Waals surface area contributed by atoms with Gasteiger partial charge in [-0.3, -0.25) is 0 Å². The molecule has 1 aliphatic heterocycles. The summed E-state index contributed by atoms with van der Waals surface area (Å²) < 4.78 is 40.4. The van der Waals surface area contributed by atoms with Crippen LogP contribution in [0, 0.1) is 0 Å². The molecule has 5 rings (SSSR count). The van der Waals surface area contributed by atoms with Crippen molar-refractivity contribution in [3.05, 3.63) is 82.8 Å². The van der Waals surface area contributed by atoms with Gasteiger partial charge >= 0.3 is 6.18 Å². The van der Waals surface area contributed by atoms with Crippen molar-refractivity contribution in [2.45, 2.75) is 45.6 Å². The van der Waals surface area contributed by atoms with Crippen molar-refractivity contribution in [2.24, 2.45) is 7.05 Å². The molecular weight excluding hydrogens is 465 g/mol. The molecule has 0 saturated heterocycles. The second kappa shape index (κ2) is 9.39. The number of anilines is 1. The fourth-order valence-corrected chi connectivity index (χ4v) is 4.47. The van der Waals surface area contributed by atoms with E-state index in [1.165, 1.54) is 10.1 Å². The van der Waals surface area contributed by atoms with Crippen LogP contribution in [0.1, 0.15) is 47.8 Å². The van der Waals surface area contributed by atoms with Gasteiger partial charge in [0.15, 0.2) is 11.5 Å². The number of nitrogens with zero attached hydrogens (tertiary/aromatic N) is 4. The van der Waals surface area contributed by atoms with E-state index in [1.807, 2.05) is 24.3 Å². The van der Waals surface area contributed by atoms with Crippen LogP contribution >= 0.6 is 0 Å². The predicted octanol–water partition coefficient (Wildman–Crippen LogP) is 5.90. The van der Waals surface area contributed by atoms with Gasteiger partial charge in [0.25, 0.3) is 0 Å². The Kier molecular flexibility index (Phi) is 6.26. The van der Waals surface area contributed by atoms with E-state index in [-0.39, 0.29) is 5.82 Å². The number of aromatic nitrogens is 4. The van der Waals surface area contributed by atoms with Gasteiger partial charge in [-0.2, -0.15) is 13.2 Å². The zero-order chi connectivity index (χ0) is 25.4. The number of alkyl halides is 3. The van der Waals surface area contributed by atoms with Gasteiger partial charge < -0.3 is 15.2 Å².